The maximum atomic E-state index is 10.4. The van der Waals surface area contributed by atoms with Crippen LogP contribution in [0.1, 0.15) is 10.5 Å². The molecule has 0 bridgehead atoms. The highest BCUT2D eigenvalue weighted by Gasteiger charge is 2.03. The van der Waals surface area contributed by atoms with Crippen LogP contribution in [0.25, 0.3) is 0 Å². The number of rotatable bonds is 4. The Morgan fingerprint density at radius 2 is 2.29 bits per heavy atom. The van der Waals surface area contributed by atoms with Gasteiger partial charge in [-0.2, -0.15) is 0 Å². The van der Waals surface area contributed by atoms with Crippen molar-refractivity contribution < 1.29 is 9.90 Å². The monoisotopic (exact) mass is 257 g/mol. The molecule has 0 aliphatic heterocycles. The fourth-order valence-corrected chi connectivity index (χ4v) is 0.856. The first-order chi connectivity index (χ1) is 6.59. The van der Waals surface area contributed by atoms with Crippen LogP contribution in [0.15, 0.2) is 23.5 Å². The summed E-state index contributed by atoms with van der Waals surface area (Å²) in [6.07, 6.45) is 2.56. The Kier molecular flexibility index (Phi) is 3.58. The number of aromatic nitrogens is 2. The molecule has 0 amide bonds. The Morgan fingerprint density at radius 3 is 2.71 bits per heavy atom. The molecule has 1 aromatic heterocycles. The molecular weight excluding hydrogens is 250 g/mol. The maximum Gasteiger partial charge on any atom is 0.356 e. The van der Waals surface area contributed by atoms with Gasteiger partial charge in [-0.05, 0) is 0 Å². The number of nitrogens with one attached hydrogen (secondary N) is 1. The smallest absolute Gasteiger partial charge is 0.356 e. The number of hydrogen-bond acceptors (Lipinski definition) is 4. The third kappa shape index (κ3) is 3.14. The number of nitrogens with zero attached hydrogens (tertiary/aromatic N) is 2. The number of aromatic carboxylic acids is 1. The normalized spacial score (nSPS) is 9.50. The lowest BCUT2D eigenvalue weighted by atomic mass is 10.4. The van der Waals surface area contributed by atoms with Crippen molar-refractivity contribution >= 4 is 27.7 Å². The molecule has 0 aliphatic carbocycles. The molecule has 0 saturated carbocycles. The molecule has 0 saturated heterocycles. The maximum absolute atomic E-state index is 10.4. The molecule has 6 heteroatoms. The largest absolute Gasteiger partial charge is 0.476 e. The zero-order valence-electron chi connectivity index (χ0n) is 7.20. The van der Waals surface area contributed by atoms with Crippen molar-refractivity contribution in [3.05, 3.63) is 29.1 Å². The minimum absolute atomic E-state index is 0.0757. The fourth-order valence-electron chi connectivity index (χ4n) is 0.716. The minimum atomic E-state index is -1.09. The van der Waals surface area contributed by atoms with E-state index in [2.05, 4.69) is 37.8 Å². The first kappa shape index (κ1) is 10.6. The van der Waals surface area contributed by atoms with E-state index in [1.54, 1.807) is 0 Å². The molecule has 0 spiro atoms. The standard InChI is InChI=1S/C8H8BrN3O2/c1-5(9)2-11-7-4-10-6(3-12-7)8(13)14/h3-4H,1-2H2,(H,11,12)(H,13,14). The van der Waals surface area contributed by atoms with Crippen molar-refractivity contribution in [2.75, 3.05) is 11.9 Å². The van der Waals surface area contributed by atoms with E-state index in [4.69, 9.17) is 5.11 Å². The summed E-state index contributed by atoms with van der Waals surface area (Å²) in [6, 6.07) is 0. The van der Waals surface area contributed by atoms with E-state index in [9.17, 15) is 4.79 Å². The summed E-state index contributed by atoms with van der Waals surface area (Å²) >= 11 is 3.17. The second-order valence-corrected chi connectivity index (χ2v) is 3.58. The van der Waals surface area contributed by atoms with Crippen LogP contribution in [-0.2, 0) is 0 Å². The van der Waals surface area contributed by atoms with Gasteiger partial charge in [-0.1, -0.05) is 22.5 Å². The number of carbonyl (C=O) groups is 1. The van der Waals surface area contributed by atoms with Gasteiger partial charge in [-0.15, -0.1) is 0 Å². The van der Waals surface area contributed by atoms with E-state index in [0.29, 0.717) is 12.4 Å². The Labute approximate surface area is 89.0 Å². The SMILES string of the molecule is C=C(Br)CNc1cnc(C(=O)O)cn1. The van der Waals surface area contributed by atoms with Crippen LogP contribution >= 0.6 is 15.9 Å². The Bertz CT molecular complexity index is 350. The van der Waals surface area contributed by atoms with Crippen molar-refractivity contribution in [1.82, 2.24) is 9.97 Å². The molecule has 5 nitrogen and oxygen atoms in total. The van der Waals surface area contributed by atoms with E-state index >= 15 is 0 Å². The predicted molar refractivity (Wildman–Crippen MR) is 55.5 cm³/mol. The van der Waals surface area contributed by atoms with Gasteiger partial charge in [-0.25, -0.2) is 14.8 Å². The first-order valence-electron chi connectivity index (χ1n) is 3.72. The highest BCUT2D eigenvalue weighted by atomic mass is 79.9. The van der Waals surface area contributed by atoms with E-state index < -0.39 is 5.97 Å². The zero-order valence-corrected chi connectivity index (χ0v) is 8.78. The number of carboxylic acid groups (broad SMARTS) is 1. The summed E-state index contributed by atoms with van der Waals surface area (Å²) in [7, 11) is 0. The van der Waals surface area contributed by atoms with Gasteiger partial charge in [0, 0.05) is 11.0 Å². The number of anilines is 1. The molecular formula is C8H8BrN3O2. The van der Waals surface area contributed by atoms with Gasteiger partial charge < -0.3 is 10.4 Å². The molecule has 0 aliphatic rings. The number of halogens is 1. The summed E-state index contributed by atoms with van der Waals surface area (Å²) in [5.74, 6) is -0.579. The van der Waals surface area contributed by atoms with Gasteiger partial charge in [0.15, 0.2) is 5.69 Å². The summed E-state index contributed by atoms with van der Waals surface area (Å²) in [6.45, 7) is 4.14. The molecule has 14 heavy (non-hydrogen) atoms. The summed E-state index contributed by atoms with van der Waals surface area (Å²) in [5, 5.41) is 11.4. The molecule has 1 rings (SSSR count). The Morgan fingerprint density at radius 1 is 1.57 bits per heavy atom. The van der Waals surface area contributed by atoms with Gasteiger partial charge in [0.1, 0.15) is 5.82 Å². The van der Waals surface area contributed by atoms with Crippen LogP contribution in [0.3, 0.4) is 0 Å². The topological polar surface area (TPSA) is 75.1 Å². The predicted octanol–water partition coefficient (Wildman–Crippen LogP) is 1.50. The quantitative estimate of drug-likeness (QED) is 0.855. The highest BCUT2D eigenvalue weighted by Crippen LogP contribution is 2.04. The zero-order chi connectivity index (χ0) is 10.6. The van der Waals surface area contributed by atoms with Crippen LogP contribution in [0.5, 0.6) is 0 Å². The molecule has 1 heterocycles. The van der Waals surface area contributed by atoms with E-state index in [-0.39, 0.29) is 5.69 Å². The van der Waals surface area contributed by atoms with E-state index in [1.807, 2.05) is 0 Å². The van der Waals surface area contributed by atoms with Gasteiger partial charge in [0.05, 0.1) is 12.4 Å². The Hall–Kier alpha value is -1.43. The third-order valence-corrected chi connectivity index (χ3v) is 1.61. The Balaban J connectivity index is 2.64. The fraction of sp³-hybridized carbons (Fsp3) is 0.125. The summed E-state index contributed by atoms with van der Waals surface area (Å²) in [4.78, 5) is 18.0. The molecule has 0 atom stereocenters. The molecule has 1 aromatic rings. The van der Waals surface area contributed by atoms with E-state index in [1.165, 1.54) is 12.4 Å². The van der Waals surface area contributed by atoms with Crippen molar-refractivity contribution in [1.29, 1.82) is 0 Å². The lowest BCUT2D eigenvalue weighted by molar-refractivity contribution is 0.0690. The van der Waals surface area contributed by atoms with Gasteiger partial charge >= 0.3 is 5.97 Å². The molecule has 2 N–H and O–H groups in total. The van der Waals surface area contributed by atoms with Crippen LogP contribution in [-0.4, -0.2) is 27.6 Å². The van der Waals surface area contributed by atoms with Gasteiger partial charge in [0.25, 0.3) is 0 Å². The van der Waals surface area contributed by atoms with Crippen molar-refractivity contribution in [2.24, 2.45) is 0 Å². The lowest BCUT2D eigenvalue weighted by Crippen LogP contribution is -2.06. The number of hydrogen-bond donors (Lipinski definition) is 2. The highest BCUT2D eigenvalue weighted by molar-refractivity contribution is 9.11. The average Bonchev–Trinajstić information content (AvgIpc) is 2.15. The summed E-state index contributed by atoms with van der Waals surface area (Å²) in [5.41, 5.74) is -0.0757. The molecule has 0 fully saturated rings. The van der Waals surface area contributed by atoms with Crippen LogP contribution in [0, 0.1) is 0 Å². The number of carboxylic acids is 1. The van der Waals surface area contributed by atoms with Crippen molar-refractivity contribution in [3.8, 4) is 0 Å². The van der Waals surface area contributed by atoms with Crippen LogP contribution < -0.4 is 5.32 Å². The first-order valence-corrected chi connectivity index (χ1v) is 4.51. The summed E-state index contributed by atoms with van der Waals surface area (Å²) < 4.78 is 0.779. The van der Waals surface area contributed by atoms with Gasteiger partial charge in [-0.3, -0.25) is 0 Å². The van der Waals surface area contributed by atoms with Gasteiger partial charge in [0.2, 0.25) is 0 Å². The lowest BCUT2D eigenvalue weighted by Gasteiger charge is -2.02. The molecule has 74 valence electrons. The minimum Gasteiger partial charge on any atom is -0.476 e. The van der Waals surface area contributed by atoms with Crippen molar-refractivity contribution in [3.63, 3.8) is 0 Å². The molecule has 0 aromatic carbocycles. The molecule has 0 radical (unpaired) electrons. The second-order valence-electron chi connectivity index (χ2n) is 2.46. The molecule has 0 unspecified atom stereocenters. The van der Waals surface area contributed by atoms with Crippen LogP contribution in [0.4, 0.5) is 5.82 Å². The third-order valence-electron chi connectivity index (χ3n) is 1.33. The van der Waals surface area contributed by atoms with Crippen LogP contribution in [0.2, 0.25) is 0 Å². The van der Waals surface area contributed by atoms with Crippen molar-refractivity contribution in [2.45, 2.75) is 0 Å². The average molecular weight is 258 g/mol. The second kappa shape index (κ2) is 4.71. The van der Waals surface area contributed by atoms with E-state index in [0.717, 1.165) is 4.48 Å².